The van der Waals surface area contributed by atoms with Crippen LogP contribution >= 0.6 is 0 Å². The van der Waals surface area contributed by atoms with Gasteiger partial charge in [0.05, 0.1) is 18.4 Å². The lowest BCUT2D eigenvalue weighted by Crippen LogP contribution is -2.35. The summed E-state index contributed by atoms with van der Waals surface area (Å²) in [6.07, 6.45) is 0.512. The second-order valence-corrected chi connectivity index (χ2v) is 4.91. The van der Waals surface area contributed by atoms with Crippen LogP contribution in [0.4, 0.5) is 10.5 Å². The zero-order valence-corrected chi connectivity index (χ0v) is 12.9. The van der Waals surface area contributed by atoms with Crippen LogP contribution < -0.4 is 16.4 Å². The Balaban J connectivity index is 1.90. The quantitative estimate of drug-likeness (QED) is 0.694. The van der Waals surface area contributed by atoms with Gasteiger partial charge in [-0.3, -0.25) is 4.79 Å². The number of amides is 3. The van der Waals surface area contributed by atoms with Crippen molar-refractivity contribution in [2.45, 2.75) is 19.6 Å². The van der Waals surface area contributed by atoms with Crippen LogP contribution in [0.1, 0.15) is 23.0 Å². The molecule has 8 heteroatoms. The number of hydrogen-bond acceptors (Lipinski definition) is 5. The van der Waals surface area contributed by atoms with E-state index < -0.39 is 24.0 Å². The highest BCUT2D eigenvalue weighted by molar-refractivity contribution is 5.94. The van der Waals surface area contributed by atoms with E-state index in [4.69, 9.17) is 14.9 Å². The Morgan fingerprint density at radius 2 is 2.04 bits per heavy atom. The van der Waals surface area contributed by atoms with Crippen molar-refractivity contribution in [3.05, 3.63) is 54.0 Å². The lowest BCUT2D eigenvalue weighted by molar-refractivity contribution is -0.129. The molecule has 0 saturated carbocycles. The maximum atomic E-state index is 12.1. The van der Waals surface area contributed by atoms with Crippen molar-refractivity contribution in [3.8, 4) is 0 Å². The first-order valence-corrected chi connectivity index (χ1v) is 7.13. The predicted octanol–water partition coefficient (Wildman–Crippen LogP) is 1.63. The summed E-state index contributed by atoms with van der Waals surface area (Å²) in [6, 6.07) is 8.71. The number of rotatable bonds is 6. The summed E-state index contributed by atoms with van der Waals surface area (Å²) in [5.41, 5.74) is 5.56. The molecule has 1 aromatic heterocycles. The SMILES string of the molecule is C[C@@H](OC(=O)c1cccc(NC(N)=O)c1)C(=O)NCc1ccco1. The number of primary amides is 1. The van der Waals surface area contributed by atoms with Crippen LogP contribution in [0.5, 0.6) is 0 Å². The average molecular weight is 331 g/mol. The fraction of sp³-hybridized carbons (Fsp3) is 0.188. The van der Waals surface area contributed by atoms with E-state index >= 15 is 0 Å². The van der Waals surface area contributed by atoms with Crippen molar-refractivity contribution >= 4 is 23.6 Å². The van der Waals surface area contributed by atoms with Crippen molar-refractivity contribution in [3.63, 3.8) is 0 Å². The maximum absolute atomic E-state index is 12.1. The van der Waals surface area contributed by atoms with Crippen LogP contribution in [0, 0.1) is 0 Å². The van der Waals surface area contributed by atoms with E-state index in [-0.39, 0.29) is 12.1 Å². The second-order valence-electron chi connectivity index (χ2n) is 4.91. The number of furan rings is 1. The van der Waals surface area contributed by atoms with E-state index in [9.17, 15) is 14.4 Å². The molecule has 1 atom stereocenters. The highest BCUT2D eigenvalue weighted by atomic mass is 16.5. The summed E-state index contributed by atoms with van der Waals surface area (Å²) in [5.74, 6) is -0.554. The first-order chi connectivity index (χ1) is 11.5. The van der Waals surface area contributed by atoms with Gasteiger partial charge in [0.25, 0.3) is 5.91 Å². The first-order valence-electron chi connectivity index (χ1n) is 7.13. The Kier molecular flexibility index (Phi) is 5.56. The summed E-state index contributed by atoms with van der Waals surface area (Å²) < 4.78 is 10.2. The molecule has 126 valence electrons. The molecule has 0 saturated heterocycles. The van der Waals surface area contributed by atoms with Gasteiger partial charge in [-0.1, -0.05) is 6.07 Å². The number of benzene rings is 1. The molecule has 24 heavy (non-hydrogen) atoms. The van der Waals surface area contributed by atoms with Gasteiger partial charge in [0.2, 0.25) is 0 Å². The molecule has 0 aliphatic rings. The minimum absolute atomic E-state index is 0.187. The third kappa shape index (κ3) is 4.87. The van der Waals surface area contributed by atoms with E-state index in [1.165, 1.54) is 25.3 Å². The number of anilines is 1. The molecular formula is C16H17N3O5. The molecule has 1 heterocycles. The highest BCUT2D eigenvalue weighted by Crippen LogP contribution is 2.12. The van der Waals surface area contributed by atoms with Gasteiger partial charge in [-0.05, 0) is 37.3 Å². The molecule has 0 spiro atoms. The molecule has 0 fully saturated rings. The molecule has 2 rings (SSSR count). The van der Waals surface area contributed by atoms with Gasteiger partial charge in [-0.25, -0.2) is 9.59 Å². The fourth-order valence-corrected chi connectivity index (χ4v) is 1.88. The molecule has 2 aromatic rings. The van der Waals surface area contributed by atoms with Gasteiger partial charge < -0.3 is 25.5 Å². The molecule has 0 aliphatic carbocycles. The van der Waals surface area contributed by atoms with Crippen LogP contribution in [0.3, 0.4) is 0 Å². The number of nitrogens with one attached hydrogen (secondary N) is 2. The molecule has 8 nitrogen and oxygen atoms in total. The summed E-state index contributed by atoms with van der Waals surface area (Å²) in [7, 11) is 0. The van der Waals surface area contributed by atoms with Crippen LogP contribution in [0.25, 0.3) is 0 Å². The van der Waals surface area contributed by atoms with Gasteiger partial charge in [-0.2, -0.15) is 0 Å². The second kappa shape index (κ2) is 7.82. The Hall–Kier alpha value is -3.29. The number of nitrogens with two attached hydrogens (primary N) is 1. The molecular weight excluding hydrogens is 314 g/mol. The Morgan fingerprint density at radius 1 is 1.25 bits per heavy atom. The van der Waals surface area contributed by atoms with Crippen molar-refractivity contribution in [1.82, 2.24) is 5.32 Å². The number of carbonyl (C=O) groups is 3. The molecule has 0 aliphatic heterocycles. The molecule has 1 aromatic carbocycles. The minimum Gasteiger partial charge on any atom is -0.467 e. The van der Waals surface area contributed by atoms with E-state index in [0.717, 1.165) is 0 Å². The van der Waals surface area contributed by atoms with Gasteiger partial charge in [0.15, 0.2) is 6.10 Å². The van der Waals surface area contributed by atoms with Crippen molar-refractivity contribution in [2.75, 3.05) is 5.32 Å². The smallest absolute Gasteiger partial charge is 0.338 e. The highest BCUT2D eigenvalue weighted by Gasteiger charge is 2.19. The number of urea groups is 1. The topological polar surface area (TPSA) is 124 Å². The fourth-order valence-electron chi connectivity index (χ4n) is 1.88. The molecule has 4 N–H and O–H groups in total. The average Bonchev–Trinajstić information content (AvgIpc) is 3.05. The van der Waals surface area contributed by atoms with Crippen molar-refractivity contribution in [2.24, 2.45) is 5.73 Å². The Labute approximate surface area is 138 Å². The zero-order valence-electron chi connectivity index (χ0n) is 12.9. The monoisotopic (exact) mass is 331 g/mol. The van der Waals surface area contributed by atoms with E-state index in [1.807, 2.05) is 0 Å². The standard InChI is InChI=1S/C16H17N3O5/c1-10(14(20)18-9-13-6-3-7-23-13)24-15(21)11-4-2-5-12(8-11)19-16(17)22/h2-8,10H,9H2,1H3,(H,18,20)(H3,17,19,22)/t10-/m1/s1. The molecule has 3 amide bonds. The van der Waals surface area contributed by atoms with Crippen LogP contribution in [-0.2, 0) is 16.1 Å². The van der Waals surface area contributed by atoms with Crippen LogP contribution in [0.15, 0.2) is 47.1 Å². The van der Waals surface area contributed by atoms with E-state index in [0.29, 0.717) is 11.4 Å². The summed E-state index contributed by atoms with van der Waals surface area (Å²) in [5, 5.41) is 4.95. The van der Waals surface area contributed by atoms with Gasteiger partial charge in [-0.15, -0.1) is 0 Å². The Bertz CT molecular complexity index is 727. The zero-order chi connectivity index (χ0) is 17.5. The number of carbonyl (C=O) groups excluding carboxylic acids is 3. The minimum atomic E-state index is -0.986. The summed E-state index contributed by atoms with van der Waals surface area (Å²) in [6.45, 7) is 1.66. The number of esters is 1. The molecule has 0 unspecified atom stereocenters. The van der Waals surface area contributed by atoms with E-state index in [1.54, 1.807) is 24.3 Å². The molecule has 0 bridgehead atoms. The number of ether oxygens (including phenoxy) is 1. The first kappa shape index (κ1) is 17.1. The van der Waals surface area contributed by atoms with Crippen LogP contribution in [-0.4, -0.2) is 24.0 Å². The van der Waals surface area contributed by atoms with Gasteiger partial charge >= 0.3 is 12.0 Å². The normalized spacial score (nSPS) is 11.4. The summed E-state index contributed by atoms with van der Waals surface area (Å²) in [4.78, 5) is 34.8. The van der Waals surface area contributed by atoms with Crippen molar-refractivity contribution < 1.29 is 23.5 Å². The predicted molar refractivity (Wildman–Crippen MR) is 85.1 cm³/mol. The lowest BCUT2D eigenvalue weighted by atomic mass is 10.2. The molecule has 0 radical (unpaired) electrons. The van der Waals surface area contributed by atoms with Crippen molar-refractivity contribution in [1.29, 1.82) is 0 Å². The largest absolute Gasteiger partial charge is 0.467 e. The third-order valence-electron chi connectivity index (χ3n) is 3.04. The van der Waals surface area contributed by atoms with E-state index in [2.05, 4.69) is 10.6 Å². The number of hydrogen-bond donors (Lipinski definition) is 3. The lowest BCUT2D eigenvalue weighted by Gasteiger charge is -2.13. The van der Waals surface area contributed by atoms with Gasteiger partial charge in [0, 0.05) is 5.69 Å². The maximum Gasteiger partial charge on any atom is 0.338 e. The third-order valence-corrected chi connectivity index (χ3v) is 3.04. The van der Waals surface area contributed by atoms with Gasteiger partial charge in [0.1, 0.15) is 5.76 Å². The Morgan fingerprint density at radius 3 is 2.71 bits per heavy atom. The van der Waals surface area contributed by atoms with Crippen LogP contribution in [0.2, 0.25) is 0 Å². The summed E-state index contributed by atoms with van der Waals surface area (Å²) >= 11 is 0.